The van der Waals surface area contributed by atoms with Crippen molar-refractivity contribution in [2.24, 2.45) is 29.6 Å². The molecule has 3 fully saturated rings. The van der Waals surface area contributed by atoms with Crippen LogP contribution in [-0.2, 0) is 19.1 Å². The van der Waals surface area contributed by atoms with Gasteiger partial charge in [0.25, 0.3) is 0 Å². The van der Waals surface area contributed by atoms with Crippen molar-refractivity contribution in [3.63, 3.8) is 0 Å². The smallest absolute Gasteiger partial charge is 0.330 e. The number of hydrogen-bond donors (Lipinski definition) is 0. The third kappa shape index (κ3) is 3.26. The van der Waals surface area contributed by atoms with E-state index < -0.39 is 18.6 Å². The van der Waals surface area contributed by atoms with Gasteiger partial charge in [-0.1, -0.05) is 31.5 Å². The van der Waals surface area contributed by atoms with Crippen molar-refractivity contribution in [3.05, 3.63) is 34.9 Å². The predicted molar refractivity (Wildman–Crippen MR) is 109 cm³/mol. The zero-order chi connectivity index (χ0) is 21.7. The van der Waals surface area contributed by atoms with Crippen LogP contribution in [0.4, 0.5) is 0 Å². The number of likely N-dealkylation sites (tertiary alicyclic amines) is 1. The van der Waals surface area contributed by atoms with Crippen LogP contribution in [0.15, 0.2) is 18.2 Å². The molecule has 160 valence electrons. The van der Waals surface area contributed by atoms with Crippen LogP contribution in [0.1, 0.15) is 54.6 Å². The molecule has 6 heteroatoms. The lowest BCUT2D eigenvalue weighted by Gasteiger charge is -2.28. The Balaban J connectivity index is 1.49. The number of carbonyl (C=O) groups excluding carboxylic acids is 4. The maximum absolute atomic E-state index is 13.1. The van der Waals surface area contributed by atoms with Crippen LogP contribution in [0.5, 0.6) is 0 Å². The molecule has 0 spiro atoms. The topological polar surface area (TPSA) is 80.8 Å². The van der Waals surface area contributed by atoms with E-state index in [1.165, 1.54) is 0 Å². The van der Waals surface area contributed by atoms with Crippen LogP contribution in [0.25, 0.3) is 0 Å². The molecule has 1 aromatic carbocycles. The Morgan fingerprint density at radius 3 is 2.23 bits per heavy atom. The van der Waals surface area contributed by atoms with Crippen molar-refractivity contribution < 1.29 is 23.9 Å². The SMILES string of the molecule is Cc1ccc(C)c(C(=O)COC(=O)C(C(C)C)N2C(=O)C3C4CCC(C4)C3C2=O)c1. The van der Waals surface area contributed by atoms with Gasteiger partial charge in [0.1, 0.15) is 6.04 Å². The number of fused-ring (bicyclic) bond motifs is 5. The molecule has 2 bridgehead atoms. The molecule has 3 aliphatic rings. The molecule has 6 nitrogen and oxygen atoms in total. The number of amides is 2. The van der Waals surface area contributed by atoms with E-state index in [4.69, 9.17) is 4.74 Å². The van der Waals surface area contributed by atoms with Gasteiger partial charge < -0.3 is 4.74 Å². The fraction of sp³-hybridized carbons (Fsp3) is 0.583. The molecule has 1 aromatic rings. The maximum Gasteiger partial charge on any atom is 0.330 e. The van der Waals surface area contributed by atoms with Gasteiger partial charge in [0.2, 0.25) is 17.6 Å². The summed E-state index contributed by atoms with van der Waals surface area (Å²) in [7, 11) is 0. The summed E-state index contributed by atoms with van der Waals surface area (Å²) in [6.07, 6.45) is 2.92. The van der Waals surface area contributed by atoms with Gasteiger partial charge >= 0.3 is 5.97 Å². The van der Waals surface area contributed by atoms with Gasteiger partial charge in [-0.3, -0.25) is 19.3 Å². The average Bonchev–Trinajstić information content (AvgIpc) is 3.37. The Kier molecular flexibility index (Phi) is 5.28. The summed E-state index contributed by atoms with van der Waals surface area (Å²) in [6, 6.07) is 4.56. The molecule has 4 rings (SSSR count). The second-order valence-corrected chi connectivity index (χ2v) is 9.47. The molecule has 0 radical (unpaired) electrons. The number of benzene rings is 1. The number of aryl methyl sites for hydroxylation is 2. The minimum absolute atomic E-state index is 0.228. The third-order valence-corrected chi connectivity index (χ3v) is 7.15. The minimum Gasteiger partial charge on any atom is -0.456 e. The highest BCUT2D eigenvalue weighted by atomic mass is 16.5. The van der Waals surface area contributed by atoms with Crippen molar-refractivity contribution in [2.75, 3.05) is 6.61 Å². The van der Waals surface area contributed by atoms with Crippen LogP contribution in [-0.4, -0.2) is 41.1 Å². The first-order valence-corrected chi connectivity index (χ1v) is 10.8. The predicted octanol–water partition coefficient (Wildman–Crippen LogP) is 3.09. The fourth-order valence-electron chi connectivity index (χ4n) is 5.72. The summed E-state index contributed by atoms with van der Waals surface area (Å²) in [5, 5.41) is 0. The number of rotatable bonds is 6. The molecule has 30 heavy (non-hydrogen) atoms. The second-order valence-electron chi connectivity index (χ2n) is 9.47. The van der Waals surface area contributed by atoms with E-state index >= 15 is 0 Å². The Morgan fingerprint density at radius 1 is 1.07 bits per heavy atom. The van der Waals surface area contributed by atoms with Gasteiger partial charge in [-0.25, -0.2) is 4.79 Å². The largest absolute Gasteiger partial charge is 0.456 e. The van der Waals surface area contributed by atoms with Gasteiger partial charge in [-0.2, -0.15) is 0 Å². The van der Waals surface area contributed by atoms with Gasteiger partial charge in [0.05, 0.1) is 11.8 Å². The fourth-order valence-corrected chi connectivity index (χ4v) is 5.72. The van der Waals surface area contributed by atoms with E-state index in [0.29, 0.717) is 5.56 Å². The lowest BCUT2D eigenvalue weighted by atomic mass is 9.81. The Morgan fingerprint density at radius 2 is 1.67 bits per heavy atom. The van der Waals surface area contributed by atoms with Gasteiger partial charge in [-0.15, -0.1) is 0 Å². The van der Waals surface area contributed by atoms with E-state index in [-0.39, 0.29) is 47.2 Å². The minimum atomic E-state index is -0.985. The molecule has 2 amide bonds. The van der Waals surface area contributed by atoms with Crippen LogP contribution in [0, 0.1) is 43.4 Å². The van der Waals surface area contributed by atoms with E-state index in [1.807, 2.05) is 26.0 Å². The first kappa shape index (κ1) is 20.8. The standard InChI is InChI=1S/C24H29NO5/c1-12(2)21(24(29)30-11-18(26)17-9-13(3)5-6-14(17)4)25-22(27)19-15-7-8-16(10-15)20(19)23(25)28/h5-6,9,12,15-16,19-21H,7-8,10-11H2,1-4H3. The number of esters is 1. The van der Waals surface area contributed by atoms with Gasteiger partial charge in [-0.05, 0) is 62.5 Å². The summed E-state index contributed by atoms with van der Waals surface area (Å²) in [4.78, 5) is 52.9. The molecule has 5 unspecified atom stereocenters. The number of ketones is 1. The molecule has 1 aliphatic heterocycles. The molecule has 2 aliphatic carbocycles. The summed E-state index contributed by atoms with van der Waals surface area (Å²) in [6.45, 7) is 6.91. The summed E-state index contributed by atoms with van der Waals surface area (Å²) < 4.78 is 5.34. The zero-order valence-corrected chi connectivity index (χ0v) is 18.0. The first-order chi connectivity index (χ1) is 14.2. The Labute approximate surface area is 177 Å². The third-order valence-electron chi connectivity index (χ3n) is 7.15. The normalized spacial score (nSPS) is 28.2. The number of hydrogen-bond acceptors (Lipinski definition) is 5. The van der Waals surface area contributed by atoms with Gasteiger partial charge in [0, 0.05) is 5.56 Å². The van der Waals surface area contributed by atoms with Crippen molar-refractivity contribution in [3.8, 4) is 0 Å². The summed E-state index contributed by atoms with van der Waals surface area (Å²) in [5.74, 6) is -1.75. The van der Waals surface area contributed by atoms with Crippen LogP contribution in [0.3, 0.4) is 0 Å². The van der Waals surface area contributed by atoms with Crippen molar-refractivity contribution >= 4 is 23.6 Å². The highest BCUT2D eigenvalue weighted by Crippen LogP contribution is 2.56. The van der Waals surface area contributed by atoms with Crippen molar-refractivity contribution in [2.45, 2.75) is 53.0 Å². The number of nitrogens with zero attached hydrogens (tertiary/aromatic N) is 1. The number of imide groups is 1. The lowest BCUT2D eigenvalue weighted by molar-refractivity contribution is -0.160. The van der Waals surface area contributed by atoms with E-state index in [1.54, 1.807) is 19.9 Å². The molecule has 1 saturated heterocycles. The van der Waals surface area contributed by atoms with Crippen molar-refractivity contribution in [1.29, 1.82) is 0 Å². The van der Waals surface area contributed by atoms with E-state index in [9.17, 15) is 19.2 Å². The Bertz CT molecular complexity index is 892. The number of carbonyl (C=O) groups is 4. The molecule has 5 atom stereocenters. The highest BCUT2D eigenvalue weighted by molar-refractivity contribution is 6.09. The maximum atomic E-state index is 13.1. The van der Waals surface area contributed by atoms with Crippen LogP contribution >= 0.6 is 0 Å². The summed E-state index contributed by atoms with van der Waals surface area (Å²) >= 11 is 0. The average molecular weight is 411 g/mol. The molecule has 0 N–H and O–H groups in total. The molecule has 2 saturated carbocycles. The Hall–Kier alpha value is -2.50. The van der Waals surface area contributed by atoms with E-state index in [0.717, 1.165) is 35.3 Å². The molecule has 1 heterocycles. The summed E-state index contributed by atoms with van der Waals surface area (Å²) in [5.41, 5.74) is 2.28. The van der Waals surface area contributed by atoms with Crippen molar-refractivity contribution in [1.82, 2.24) is 4.90 Å². The zero-order valence-electron chi connectivity index (χ0n) is 18.0. The molecule has 0 aromatic heterocycles. The molecular weight excluding hydrogens is 382 g/mol. The quantitative estimate of drug-likeness (QED) is 0.408. The molecular formula is C24H29NO5. The van der Waals surface area contributed by atoms with Crippen LogP contribution in [0.2, 0.25) is 0 Å². The van der Waals surface area contributed by atoms with Gasteiger partial charge in [0.15, 0.2) is 6.61 Å². The van der Waals surface area contributed by atoms with Crippen LogP contribution < -0.4 is 0 Å². The lowest BCUT2D eigenvalue weighted by Crippen LogP contribution is -2.50. The second kappa shape index (κ2) is 7.64. The highest BCUT2D eigenvalue weighted by Gasteiger charge is 2.62. The number of Topliss-reactive ketones (excluding diaryl/α,β-unsaturated/α-hetero) is 1. The first-order valence-electron chi connectivity index (χ1n) is 10.8. The monoisotopic (exact) mass is 411 g/mol. The van der Waals surface area contributed by atoms with E-state index in [2.05, 4.69) is 0 Å². The number of ether oxygens (including phenoxy) is 1.